The quantitative estimate of drug-likeness (QED) is 0.340. The summed E-state index contributed by atoms with van der Waals surface area (Å²) in [5, 5.41) is 0.418. The van der Waals surface area contributed by atoms with E-state index in [1.807, 2.05) is 49.4 Å². The summed E-state index contributed by atoms with van der Waals surface area (Å²) < 4.78 is 23.4. The summed E-state index contributed by atoms with van der Waals surface area (Å²) in [5.74, 6) is 1.69. The fourth-order valence-corrected chi connectivity index (χ4v) is 5.04. The van der Waals surface area contributed by atoms with E-state index in [1.54, 1.807) is 23.1 Å². The Bertz CT molecular complexity index is 1540. The molecule has 4 aromatic rings. The Balaban J connectivity index is 1.52. The van der Waals surface area contributed by atoms with Crippen LogP contribution in [0.3, 0.4) is 0 Å². The predicted octanol–water partition coefficient (Wildman–Crippen LogP) is 5.43. The number of nitrogens with zero attached hydrogens (tertiary/aromatic N) is 1. The molecule has 35 heavy (non-hydrogen) atoms. The molecule has 0 radical (unpaired) electrons. The summed E-state index contributed by atoms with van der Waals surface area (Å²) in [6, 6.07) is 17.6. The summed E-state index contributed by atoms with van der Waals surface area (Å²) in [7, 11) is 0. The SMILES string of the molecule is CCOc1cccc(C2c3c(oc4ccc(Br)cc4c3=O)C(=O)N2Cc2ccc3c(c2)OCO3)c1. The highest BCUT2D eigenvalue weighted by atomic mass is 79.9. The molecule has 3 aromatic carbocycles. The lowest BCUT2D eigenvalue weighted by molar-refractivity contribution is 0.0714. The van der Waals surface area contributed by atoms with Gasteiger partial charge in [-0.15, -0.1) is 0 Å². The molecule has 0 N–H and O–H groups in total. The Labute approximate surface area is 209 Å². The summed E-state index contributed by atoms with van der Waals surface area (Å²) >= 11 is 3.43. The van der Waals surface area contributed by atoms with Crippen LogP contribution in [0.4, 0.5) is 0 Å². The van der Waals surface area contributed by atoms with Crippen LogP contribution in [0, 0.1) is 0 Å². The molecule has 1 aromatic heterocycles. The Morgan fingerprint density at radius 3 is 2.74 bits per heavy atom. The maximum Gasteiger partial charge on any atom is 0.291 e. The number of hydrogen-bond acceptors (Lipinski definition) is 6. The third-order valence-corrected chi connectivity index (χ3v) is 6.70. The molecule has 7 nitrogen and oxygen atoms in total. The average molecular weight is 534 g/mol. The second kappa shape index (κ2) is 8.46. The van der Waals surface area contributed by atoms with Gasteiger partial charge in [-0.05, 0) is 60.5 Å². The topological polar surface area (TPSA) is 78.2 Å². The van der Waals surface area contributed by atoms with Crippen molar-refractivity contribution < 1.29 is 23.4 Å². The van der Waals surface area contributed by atoms with Gasteiger partial charge in [-0.3, -0.25) is 9.59 Å². The second-order valence-electron chi connectivity index (χ2n) is 8.34. The van der Waals surface area contributed by atoms with Crippen molar-refractivity contribution in [1.82, 2.24) is 4.90 Å². The zero-order valence-corrected chi connectivity index (χ0v) is 20.3. The van der Waals surface area contributed by atoms with Crippen molar-refractivity contribution in [3.05, 3.63) is 97.8 Å². The first kappa shape index (κ1) is 21.7. The molecule has 0 fully saturated rings. The number of rotatable bonds is 5. The molecule has 1 amide bonds. The highest BCUT2D eigenvalue weighted by Gasteiger charge is 2.43. The monoisotopic (exact) mass is 533 g/mol. The highest BCUT2D eigenvalue weighted by molar-refractivity contribution is 9.10. The molecular formula is C27H20BrNO6. The van der Waals surface area contributed by atoms with Gasteiger partial charge < -0.3 is 23.5 Å². The van der Waals surface area contributed by atoms with Gasteiger partial charge in [0.1, 0.15) is 11.3 Å². The minimum atomic E-state index is -0.636. The van der Waals surface area contributed by atoms with Crippen molar-refractivity contribution in [1.29, 1.82) is 0 Å². The minimum absolute atomic E-state index is 0.0670. The normalized spacial score (nSPS) is 16.1. The van der Waals surface area contributed by atoms with E-state index < -0.39 is 6.04 Å². The van der Waals surface area contributed by atoms with Gasteiger partial charge in [-0.25, -0.2) is 0 Å². The van der Waals surface area contributed by atoms with Crippen molar-refractivity contribution in [2.45, 2.75) is 19.5 Å². The second-order valence-corrected chi connectivity index (χ2v) is 9.26. The Morgan fingerprint density at radius 2 is 1.89 bits per heavy atom. The van der Waals surface area contributed by atoms with Crippen molar-refractivity contribution in [3.63, 3.8) is 0 Å². The number of hydrogen-bond donors (Lipinski definition) is 0. The van der Waals surface area contributed by atoms with Crippen LogP contribution in [0.1, 0.15) is 40.2 Å². The highest BCUT2D eigenvalue weighted by Crippen LogP contribution is 2.41. The van der Waals surface area contributed by atoms with Crippen LogP contribution >= 0.6 is 15.9 Å². The van der Waals surface area contributed by atoms with E-state index in [2.05, 4.69) is 15.9 Å². The van der Waals surface area contributed by atoms with Crippen LogP contribution in [-0.4, -0.2) is 24.2 Å². The maximum absolute atomic E-state index is 13.7. The molecule has 176 valence electrons. The first-order valence-electron chi connectivity index (χ1n) is 11.2. The van der Waals surface area contributed by atoms with Gasteiger partial charge in [-0.1, -0.05) is 34.1 Å². The number of amides is 1. The standard InChI is InChI=1S/C27H20BrNO6/c1-2-32-18-5-3-4-16(11-18)24-23-25(30)19-12-17(28)7-9-20(19)35-26(23)27(31)29(24)13-15-6-8-21-22(10-15)34-14-33-21/h3-12,24H,2,13-14H2,1H3. The van der Waals surface area contributed by atoms with E-state index >= 15 is 0 Å². The van der Waals surface area contributed by atoms with E-state index in [0.29, 0.717) is 40.4 Å². The number of fused-ring (bicyclic) bond motifs is 3. The van der Waals surface area contributed by atoms with Crippen LogP contribution < -0.4 is 19.6 Å². The number of carbonyl (C=O) groups excluding carboxylic acids is 1. The van der Waals surface area contributed by atoms with Gasteiger partial charge in [0.2, 0.25) is 12.6 Å². The molecule has 3 heterocycles. The van der Waals surface area contributed by atoms with E-state index in [1.165, 1.54) is 0 Å². The molecule has 0 spiro atoms. The molecule has 1 unspecified atom stereocenters. The predicted molar refractivity (Wildman–Crippen MR) is 132 cm³/mol. The van der Waals surface area contributed by atoms with Crippen molar-refractivity contribution in [2.24, 2.45) is 0 Å². The summed E-state index contributed by atoms with van der Waals surface area (Å²) in [6.45, 7) is 2.83. The Hall–Kier alpha value is -3.78. The van der Waals surface area contributed by atoms with Gasteiger partial charge in [-0.2, -0.15) is 0 Å². The van der Waals surface area contributed by atoms with Gasteiger partial charge in [0.05, 0.1) is 23.6 Å². The molecule has 2 aliphatic rings. The summed E-state index contributed by atoms with van der Waals surface area (Å²) in [4.78, 5) is 29.1. The molecule has 8 heteroatoms. The molecule has 0 aliphatic carbocycles. The average Bonchev–Trinajstić information content (AvgIpc) is 3.43. The molecule has 0 saturated carbocycles. The van der Waals surface area contributed by atoms with Crippen LogP contribution in [-0.2, 0) is 6.54 Å². The van der Waals surface area contributed by atoms with Gasteiger partial charge >= 0.3 is 0 Å². The van der Waals surface area contributed by atoms with Crippen molar-refractivity contribution in [2.75, 3.05) is 13.4 Å². The molecule has 1 atom stereocenters. The number of carbonyl (C=O) groups is 1. The van der Waals surface area contributed by atoms with Crippen LogP contribution in [0.2, 0.25) is 0 Å². The lowest BCUT2D eigenvalue weighted by Crippen LogP contribution is -2.29. The zero-order chi connectivity index (χ0) is 24.1. The third-order valence-electron chi connectivity index (χ3n) is 6.20. The van der Waals surface area contributed by atoms with Gasteiger partial charge in [0, 0.05) is 11.0 Å². The fraction of sp³-hybridized carbons (Fsp3) is 0.185. The molecule has 2 aliphatic heterocycles. The molecular weight excluding hydrogens is 514 g/mol. The zero-order valence-electron chi connectivity index (χ0n) is 18.7. The summed E-state index contributed by atoms with van der Waals surface area (Å²) in [6.07, 6.45) is 0. The summed E-state index contributed by atoms with van der Waals surface area (Å²) in [5.41, 5.74) is 2.09. The lowest BCUT2D eigenvalue weighted by atomic mass is 9.98. The van der Waals surface area contributed by atoms with E-state index in [0.717, 1.165) is 15.6 Å². The van der Waals surface area contributed by atoms with Crippen LogP contribution in [0.25, 0.3) is 11.0 Å². The fourth-order valence-electron chi connectivity index (χ4n) is 4.68. The maximum atomic E-state index is 13.7. The first-order valence-corrected chi connectivity index (χ1v) is 12.0. The smallest absolute Gasteiger partial charge is 0.291 e. The Kier molecular flexibility index (Phi) is 5.25. The van der Waals surface area contributed by atoms with Crippen LogP contribution in [0.5, 0.6) is 17.2 Å². The first-order chi connectivity index (χ1) is 17.0. The number of halogens is 1. The molecule has 6 rings (SSSR count). The third kappa shape index (κ3) is 3.65. The van der Waals surface area contributed by atoms with Crippen molar-refractivity contribution >= 4 is 32.8 Å². The van der Waals surface area contributed by atoms with Gasteiger partial charge in [0.25, 0.3) is 5.91 Å². The van der Waals surface area contributed by atoms with E-state index in [9.17, 15) is 9.59 Å². The van der Waals surface area contributed by atoms with Crippen molar-refractivity contribution in [3.8, 4) is 17.2 Å². The molecule has 0 saturated heterocycles. The number of benzene rings is 3. The largest absolute Gasteiger partial charge is 0.494 e. The van der Waals surface area contributed by atoms with Crippen LogP contribution in [0.15, 0.2) is 74.3 Å². The number of ether oxygens (including phenoxy) is 3. The molecule has 0 bridgehead atoms. The van der Waals surface area contributed by atoms with E-state index in [-0.39, 0.29) is 30.4 Å². The van der Waals surface area contributed by atoms with Gasteiger partial charge in [0.15, 0.2) is 16.9 Å². The minimum Gasteiger partial charge on any atom is -0.494 e. The van der Waals surface area contributed by atoms with E-state index in [4.69, 9.17) is 18.6 Å². The Morgan fingerprint density at radius 1 is 1.03 bits per heavy atom. The lowest BCUT2D eigenvalue weighted by Gasteiger charge is -2.25.